The van der Waals surface area contributed by atoms with Gasteiger partial charge in [0.1, 0.15) is 0 Å². The molecule has 0 aliphatic heterocycles. The van der Waals surface area contributed by atoms with Gasteiger partial charge >= 0.3 is 5.97 Å². The largest absolute Gasteiger partial charge is 0.481 e. The van der Waals surface area contributed by atoms with E-state index in [1.54, 1.807) is 0 Å². The van der Waals surface area contributed by atoms with E-state index in [1.807, 2.05) is 28.9 Å². The van der Waals surface area contributed by atoms with E-state index in [-0.39, 0.29) is 12.3 Å². The number of aromatic nitrogens is 2. The molecule has 7 heteroatoms. The van der Waals surface area contributed by atoms with Crippen LogP contribution in [0.3, 0.4) is 0 Å². The highest BCUT2D eigenvalue weighted by atomic mass is 79.9. The number of rotatable bonds is 6. The topological polar surface area (TPSA) is 84.2 Å². The summed E-state index contributed by atoms with van der Waals surface area (Å²) in [5.41, 5.74) is 3.47. The normalized spacial score (nSPS) is 12.9. The standard InChI is InChI=1S/C17H18BrN3O3/c18-11-4-1-5-12(10-11)21-14-7-2-6-13(14)16(20-21)17(24)19-9-3-8-15(22)23/h1,4-5,10H,2-3,6-9H2,(H,19,24)(H,22,23). The van der Waals surface area contributed by atoms with Gasteiger partial charge in [-0.1, -0.05) is 22.0 Å². The smallest absolute Gasteiger partial charge is 0.303 e. The summed E-state index contributed by atoms with van der Waals surface area (Å²) in [7, 11) is 0. The lowest BCUT2D eigenvalue weighted by Gasteiger charge is -2.06. The Morgan fingerprint density at radius 1 is 1.33 bits per heavy atom. The highest BCUT2D eigenvalue weighted by molar-refractivity contribution is 9.10. The fourth-order valence-corrected chi connectivity index (χ4v) is 3.35. The zero-order valence-electron chi connectivity index (χ0n) is 13.1. The molecule has 126 valence electrons. The van der Waals surface area contributed by atoms with Crippen LogP contribution in [0.2, 0.25) is 0 Å². The molecule has 0 bridgehead atoms. The number of amides is 1. The van der Waals surface area contributed by atoms with Crippen LogP contribution in [-0.4, -0.2) is 33.3 Å². The number of carboxylic acid groups (broad SMARTS) is 1. The third-order valence-electron chi connectivity index (χ3n) is 4.05. The SMILES string of the molecule is O=C(O)CCCNC(=O)c1nn(-c2cccc(Br)c2)c2c1CCC2. The highest BCUT2D eigenvalue weighted by Gasteiger charge is 2.26. The van der Waals surface area contributed by atoms with Crippen molar-refractivity contribution < 1.29 is 14.7 Å². The van der Waals surface area contributed by atoms with Gasteiger partial charge in [-0.05, 0) is 43.9 Å². The molecular formula is C17H18BrN3O3. The summed E-state index contributed by atoms with van der Waals surface area (Å²) >= 11 is 3.46. The lowest BCUT2D eigenvalue weighted by Crippen LogP contribution is -2.26. The number of carbonyl (C=O) groups excluding carboxylic acids is 1. The molecule has 0 radical (unpaired) electrons. The Morgan fingerprint density at radius 2 is 2.17 bits per heavy atom. The first kappa shape index (κ1) is 16.7. The van der Waals surface area contributed by atoms with E-state index in [4.69, 9.17) is 5.11 Å². The quantitative estimate of drug-likeness (QED) is 0.741. The Kier molecular flexibility index (Phi) is 4.99. The molecule has 0 atom stereocenters. The molecule has 0 saturated carbocycles. The number of carboxylic acids is 1. The fraction of sp³-hybridized carbons (Fsp3) is 0.353. The minimum Gasteiger partial charge on any atom is -0.481 e. The van der Waals surface area contributed by atoms with E-state index in [0.29, 0.717) is 18.7 Å². The Labute approximate surface area is 148 Å². The lowest BCUT2D eigenvalue weighted by atomic mass is 10.2. The molecule has 2 N–H and O–H groups in total. The first-order valence-electron chi connectivity index (χ1n) is 7.93. The van der Waals surface area contributed by atoms with Crippen LogP contribution >= 0.6 is 15.9 Å². The van der Waals surface area contributed by atoms with Gasteiger partial charge in [-0.25, -0.2) is 4.68 Å². The number of nitrogens with one attached hydrogen (secondary N) is 1. The predicted molar refractivity (Wildman–Crippen MR) is 92.5 cm³/mol. The Hall–Kier alpha value is -2.15. The van der Waals surface area contributed by atoms with Gasteiger partial charge in [-0.15, -0.1) is 0 Å². The Balaban J connectivity index is 1.81. The maximum absolute atomic E-state index is 12.4. The zero-order chi connectivity index (χ0) is 17.1. The summed E-state index contributed by atoms with van der Waals surface area (Å²) in [6, 6.07) is 7.82. The second-order valence-corrected chi connectivity index (χ2v) is 6.69. The molecule has 0 fully saturated rings. The summed E-state index contributed by atoms with van der Waals surface area (Å²) in [5, 5.41) is 15.9. The number of benzene rings is 1. The Bertz CT molecular complexity index is 785. The average Bonchev–Trinajstić information content (AvgIpc) is 3.13. The third kappa shape index (κ3) is 3.51. The van der Waals surface area contributed by atoms with Crippen LogP contribution in [0.1, 0.15) is 41.0 Å². The van der Waals surface area contributed by atoms with Crippen molar-refractivity contribution in [2.24, 2.45) is 0 Å². The van der Waals surface area contributed by atoms with Crippen molar-refractivity contribution in [2.75, 3.05) is 6.54 Å². The van der Waals surface area contributed by atoms with E-state index >= 15 is 0 Å². The second-order valence-electron chi connectivity index (χ2n) is 5.77. The molecule has 0 unspecified atom stereocenters. The maximum atomic E-state index is 12.4. The molecule has 1 heterocycles. The minimum atomic E-state index is -0.857. The van der Waals surface area contributed by atoms with Crippen molar-refractivity contribution in [3.8, 4) is 5.69 Å². The van der Waals surface area contributed by atoms with Crippen LogP contribution < -0.4 is 5.32 Å². The molecule has 1 aliphatic rings. The van der Waals surface area contributed by atoms with Crippen molar-refractivity contribution >= 4 is 27.8 Å². The van der Waals surface area contributed by atoms with E-state index in [1.165, 1.54) is 0 Å². The number of hydrogen-bond donors (Lipinski definition) is 2. The van der Waals surface area contributed by atoms with Crippen molar-refractivity contribution in [2.45, 2.75) is 32.1 Å². The average molecular weight is 392 g/mol. The van der Waals surface area contributed by atoms with E-state index in [0.717, 1.165) is 40.7 Å². The van der Waals surface area contributed by atoms with Crippen molar-refractivity contribution in [3.05, 3.63) is 45.7 Å². The van der Waals surface area contributed by atoms with Crippen LogP contribution in [0.25, 0.3) is 5.69 Å². The van der Waals surface area contributed by atoms with Gasteiger partial charge in [0.05, 0.1) is 5.69 Å². The molecule has 1 aromatic carbocycles. The van der Waals surface area contributed by atoms with E-state index < -0.39 is 5.97 Å². The number of aliphatic carboxylic acids is 1. The van der Waals surface area contributed by atoms with E-state index in [9.17, 15) is 9.59 Å². The first-order chi connectivity index (χ1) is 11.6. The van der Waals surface area contributed by atoms with Crippen LogP contribution in [0.15, 0.2) is 28.7 Å². The van der Waals surface area contributed by atoms with Gasteiger partial charge in [0.15, 0.2) is 5.69 Å². The van der Waals surface area contributed by atoms with Crippen LogP contribution in [-0.2, 0) is 17.6 Å². The summed E-state index contributed by atoms with van der Waals surface area (Å²) in [6.45, 7) is 0.337. The molecule has 1 aromatic heterocycles. The fourth-order valence-electron chi connectivity index (χ4n) is 2.97. The van der Waals surface area contributed by atoms with Crippen LogP contribution in [0, 0.1) is 0 Å². The van der Waals surface area contributed by atoms with Gasteiger partial charge < -0.3 is 10.4 Å². The molecule has 6 nitrogen and oxygen atoms in total. The molecule has 0 spiro atoms. The summed E-state index contributed by atoms with van der Waals surface area (Å²) in [5.74, 6) is -1.09. The van der Waals surface area contributed by atoms with Gasteiger partial charge in [0.2, 0.25) is 0 Å². The molecule has 1 aliphatic carbocycles. The zero-order valence-corrected chi connectivity index (χ0v) is 14.7. The molecule has 3 rings (SSSR count). The van der Waals surface area contributed by atoms with Gasteiger partial charge in [0, 0.05) is 28.7 Å². The molecule has 0 saturated heterocycles. The number of halogens is 1. The second kappa shape index (κ2) is 7.17. The lowest BCUT2D eigenvalue weighted by molar-refractivity contribution is -0.137. The first-order valence-corrected chi connectivity index (χ1v) is 8.72. The number of nitrogens with zero attached hydrogens (tertiary/aromatic N) is 2. The van der Waals surface area contributed by atoms with Gasteiger partial charge in [-0.2, -0.15) is 5.10 Å². The molecular weight excluding hydrogens is 374 g/mol. The van der Waals surface area contributed by atoms with Crippen molar-refractivity contribution in [1.29, 1.82) is 0 Å². The van der Waals surface area contributed by atoms with Crippen LogP contribution in [0.5, 0.6) is 0 Å². The summed E-state index contributed by atoms with van der Waals surface area (Å²) in [6.07, 6.45) is 3.23. The van der Waals surface area contributed by atoms with Gasteiger partial charge in [0.25, 0.3) is 5.91 Å². The third-order valence-corrected chi connectivity index (χ3v) is 4.54. The van der Waals surface area contributed by atoms with E-state index in [2.05, 4.69) is 26.3 Å². The number of hydrogen-bond acceptors (Lipinski definition) is 3. The van der Waals surface area contributed by atoms with Gasteiger partial charge in [-0.3, -0.25) is 9.59 Å². The van der Waals surface area contributed by atoms with Crippen molar-refractivity contribution in [1.82, 2.24) is 15.1 Å². The highest BCUT2D eigenvalue weighted by Crippen LogP contribution is 2.28. The number of fused-ring (bicyclic) bond motifs is 1. The molecule has 2 aromatic rings. The minimum absolute atomic E-state index is 0.0465. The summed E-state index contributed by atoms with van der Waals surface area (Å²) in [4.78, 5) is 22.9. The molecule has 1 amide bonds. The summed E-state index contributed by atoms with van der Waals surface area (Å²) < 4.78 is 2.81. The Morgan fingerprint density at radius 3 is 2.92 bits per heavy atom. The monoisotopic (exact) mass is 391 g/mol. The van der Waals surface area contributed by atoms with Crippen LogP contribution in [0.4, 0.5) is 0 Å². The molecule has 24 heavy (non-hydrogen) atoms. The van der Waals surface area contributed by atoms with Crippen molar-refractivity contribution in [3.63, 3.8) is 0 Å². The maximum Gasteiger partial charge on any atom is 0.303 e. The predicted octanol–water partition coefficient (Wildman–Crippen LogP) is 2.72. The number of carbonyl (C=O) groups is 2.